The van der Waals surface area contributed by atoms with Gasteiger partial charge in [0.15, 0.2) is 4.96 Å². The van der Waals surface area contributed by atoms with Gasteiger partial charge in [0.05, 0.1) is 0 Å². The van der Waals surface area contributed by atoms with Crippen LogP contribution >= 0.6 is 11.3 Å². The molecule has 0 radical (unpaired) electrons. The highest BCUT2D eigenvalue weighted by atomic mass is 32.1. The first-order valence-corrected chi connectivity index (χ1v) is 8.21. The van der Waals surface area contributed by atoms with Gasteiger partial charge < -0.3 is 9.84 Å². The Labute approximate surface area is 136 Å². The summed E-state index contributed by atoms with van der Waals surface area (Å²) in [6, 6.07) is 8.25. The molecule has 0 fully saturated rings. The van der Waals surface area contributed by atoms with Crippen LogP contribution < -0.4 is 4.74 Å². The van der Waals surface area contributed by atoms with Crippen LogP contribution in [0.1, 0.15) is 29.3 Å². The van der Waals surface area contributed by atoms with Crippen molar-refractivity contribution >= 4 is 28.3 Å². The Balaban J connectivity index is 1.71. The second kappa shape index (κ2) is 5.55. The van der Waals surface area contributed by atoms with Crippen LogP contribution in [0, 0.1) is 0 Å². The third-order valence-corrected chi connectivity index (χ3v) is 4.74. The first-order valence-electron chi connectivity index (χ1n) is 7.33. The lowest BCUT2D eigenvalue weighted by Gasteiger charge is -2.13. The summed E-state index contributed by atoms with van der Waals surface area (Å²) in [5.74, 6) is -0.511. The Morgan fingerprint density at radius 1 is 1.43 bits per heavy atom. The van der Waals surface area contributed by atoms with Crippen molar-refractivity contribution in [2.75, 3.05) is 0 Å². The van der Waals surface area contributed by atoms with Crippen molar-refractivity contribution < 1.29 is 14.6 Å². The molecule has 2 aromatic heterocycles. The van der Waals surface area contributed by atoms with Crippen LogP contribution in [-0.4, -0.2) is 20.5 Å². The van der Waals surface area contributed by atoms with E-state index in [1.165, 1.54) is 28.5 Å². The maximum absolute atomic E-state index is 10.8. The molecule has 116 valence electrons. The largest absolute Gasteiger partial charge is 0.478 e. The minimum atomic E-state index is -0.993. The maximum atomic E-state index is 10.8. The molecule has 6 heteroatoms. The molecule has 0 saturated heterocycles. The maximum Gasteiger partial charge on any atom is 0.328 e. The summed E-state index contributed by atoms with van der Waals surface area (Å²) in [4.78, 5) is 16.1. The molecule has 1 unspecified atom stereocenters. The number of hydrogen-bond acceptors (Lipinski definition) is 4. The second-order valence-electron chi connectivity index (χ2n) is 5.37. The van der Waals surface area contributed by atoms with Gasteiger partial charge in [-0.15, -0.1) is 11.3 Å². The van der Waals surface area contributed by atoms with E-state index in [4.69, 9.17) is 9.84 Å². The minimum Gasteiger partial charge on any atom is -0.478 e. The van der Waals surface area contributed by atoms with Crippen LogP contribution in [0.2, 0.25) is 0 Å². The van der Waals surface area contributed by atoms with Crippen molar-refractivity contribution in [1.29, 1.82) is 0 Å². The van der Waals surface area contributed by atoms with Gasteiger partial charge in [0.1, 0.15) is 11.8 Å². The summed E-state index contributed by atoms with van der Waals surface area (Å²) in [6.45, 7) is 0. The van der Waals surface area contributed by atoms with Gasteiger partial charge >= 0.3 is 5.97 Å². The number of fused-ring (bicyclic) bond motifs is 2. The smallest absolute Gasteiger partial charge is 0.328 e. The standard InChI is InChI=1S/C17H14N2O3S/c20-15(21)8-6-13-16(18-17-19(13)9-10-23-17)22-14-7-5-11-3-1-2-4-12(11)14/h1-4,6,8-10,14H,5,7H2,(H,20,21). The van der Waals surface area contributed by atoms with E-state index >= 15 is 0 Å². The predicted octanol–water partition coefficient (Wildman–Crippen LogP) is 3.56. The molecule has 23 heavy (non-hydrogen) atoms. The van der Waals surface area contributed by atoms with Crippen LogP contribution in [0.5, 0.6) is 5.88 Å². The Kier molecular flexibility index (Phi) is 3.38. The SMILES string of the molecule is O=C(O)C=Cc1c(OC2CCc3ccccc32)nc2sccn12. The number of benzene rings is 1. The quantitative estimate of drug-likeness (QED) is 0.745. The molecule has 3 aromatic rings. The van der Waals surface area contributed by atoms with Gasteiger partial charge in [-0.05, 0) is 30.0 Å². The molecule has 0 amide bonds. The minimum absolute atomic E-state index is 0.0345. The first-order chi connectivity index (χ1) is 11.2. The molecule has 1 aliphatic rings. The molecule has 1 aliphatic carbocycles. The summed E-state index contributed by atoms with van der Waals surface area (Å²) >= 11 is 1.49. The number of thiazole rings is 1. The van der Waals surface area contributed by atoms with E-state index in [1.807, 2.05) is 28.1 Å². The van der Waals surface area contributed by atoms with Gasteiger partial charge in [-0.25, -0.2) is 4.79 Å². The topological polar surface area (TPSA) is 63.8 Å². The third kappa shape index (κ3) is 2.51. The first kappa shape index (κ1) is 14.0. The Bertz CT molecular complexity index is 910. The average molecular weight is 326 g/mol. The molecule has 0 spiro atoms. The van der Waals surface area contributed by atoms with Crippen molar-refractivity contribution in [3.8, 4) is 5.88 Å². The zero-order valence-corrected chi connectivity index (χ0v) is 13.0. The summed E-state index contributed by atoms with van der Waals surface area (Å²) in [5.41, 5.74) is 3.16. The summed E-state index contributed by atoms with van der Waals surface area (Å²) < 4.78 is 7.99. The number of carboxylic acids is 1. The van der Waals surface area contributed by atoms with E-state index in [1.54, 1.807) is 0 Å². The highest BCUT2D eigenvalue weighted by Gasteiger charge is 2.25. The molecule has 0 saturated carbocycles. The van der Waals surface area contributed by atoms with Crippen LogP contribution in [0.3, 0.4) is 0 Å². The normalized spacial score (nSPS) is 17.0. The van der Waals surface area contributed by atoms with Crippen molar-refractivity contribution in [2.45, 2.75) is 18.9 Å². The summed E-state index contributed by atoms with van der Waals surface area (Å²) in [7, 11) is 0. The van der Waals surface area contributed by atoms with Crippen molar-refractivity contribution in [2.24, 2.45) is 0 Å². The van der Waals surface area contributed by atoms with Gasteiger partial charge in [0, 0.05) is 17.7 Å². The third-order valence-electron chi connectivity index (χ3n) is 3.98. The molecule has 2 heterocycles. The highest BCUT2D eigenvalue weighted by Crippen LogP contribution is 2.36. The molecule has 1 N–H and O–H groups in total. The number of hydrogen-bond donors (Lipinski definition) is 1. The molecular weight excluding hydrogens is 312 g/mol. The van der Waals surface area contributed by atoms with Crippen molar-refractivity contribution in [3.63, 3.8) is 0 Å². The predicted molar refractivity (Wildman–Crippen MR) is 87.9 cm³/mol. The summed E-state index contributed by atoms with van der Waals surface area (Å²) in [5, 5.41) is 10.8. The molecule has 0 aliphatic heterocycles. The Morgan fingerprint density at radius 2 is 2.30 bits per heavy atom. The Hall–Kier alpha value is -2.60. The number of aliphatic carboxylic acids is 1. The monoisotopic (exact) mass is 326 g/mol. The van der Waals surface area contributed by atoms with Gasteiger partial charge in [-0.1, -0.05) is 24.3 Å². The van der Waals surface area contributed by atoms with Gasteiger partial charge in [-0.3, -0.25) is 4.40 Å². The fourth-order valence-electron chi connectivity index (χ4n) is 2.95. The van der Waals surface area contributed by atoms with Crippen molar-refractivity contribution in [1.82, 2.24) is 9.38 Å². The molecular formula is C17H14N2O3S. The van der Waals surface area contributed by atoms with Crippen LogP contribution in [0.4, 0.5) is 0 Å². The van der Waals surface area contributed by atoms with Gasteiger partial charge in [0.25, 0.3) is 0 Å². The van der Waals surface area contributed by atoms with Crippen LogP contribution in [0.15, 0.2) is 41.9 Å². The zero-order chi connectivity index (χ0) is 15.8. The number of aryl methyl sites for hydroxylation is 1. The number of rotatable bonds is 4. The number of ether oxygens (including phenoxy) is 1. The average Bonchev–Trinajstić information content (AvgIpc) is 3.21. The lowest BCUT2D eigenvalue weighted by atomic mass is 10.1. The molecule has 1 aromatic carbocycles. The van der Waals surface area contributed by atoms with E-state index in [-0.39, 0.29) is 6.10 Å². The lowest BCUT2D eigenvalue weighted by molar-refractivity contribution is -0.131. The highest BCUT2D eigenvalue weighted by molar-refractivity contribution is 7.15. The molecule has 4 rings (SSSR count). The molecule has 5 nitrogen and oxygen atoms in total. The number of aromatic nitrogens is 2. The van der Waals surface area contributed by atoms with Crippen molar-refractivity contribution in [3.05, 3.63) is 58.7 Å². The second-order valence-corrected chi connectivity index (χ2v) is 6.25. The number of nitrogens with zero attached hydrogens (tertiary/aromatic N) is 2. The number of carboxylic acid groups (broad SMARTS) is 1. The molecule has 0 bridgehead atoms. The fourth-order valence-corrected chi connectivity index (χ4v) is 3.66. The fraction of sp³-hybridized carbons (Fsp3) is 0.176. The number of imidazole rings is 1. The van der Waals surface area contributed by atoms with Crippen LogP contribution in [0.25, 0.3) is 11.0 Å². The van der Waals surface area contributed by atoms with E-state index in [2.05, 4.69) is 17.1 Å². The van der Waals surface area contributed by atoms with Gasteiger partial charge in [0.2, 0.25) is 5.88 Å². The van der Waals surface area contributed by atoms with E-state index < -0.39 is 5.97 Å². The van der Waals surface area contributed by atoms with E-state index in [0.29, 0.717) is 11.6 Å². The lowest BCUT2D eigenvalue weighted by Crippen LogP contribution is -2.05. The van der Waals surface area contributed by atoms with E-state index in [0.717, 1.165) is 23.9 Å². The Morgan fingerprint density at radius 3 is 3.17 bits per heavy atom. The summed E-state index contributed by atoms with van der Waals surface area (Å²) in [6.07, 6.45) is 6.37. The molecule has 1 atom stereocenters. The van der Waals surface area contributed by atoms with E-state index in [9.17, 15) is 4.79 Å². The number of carbonyl (C=O) groups is 1. The van der Waals surface area contributed by atoms with Crippen LogP contribution in [-0.2, 0) is 11.2 Å². The zero-order valence-electron chi connectivity index (χ0n) is 12.2. The van der Waals surface area contributed by atoms with Gasteiger partial charge in [-0.2, -0.15) is 4.98 Å².